The molecule has 0 aromatic heterocycles. The zero-order chi connectivity index (χ0) is 16.5. The van der Waals surface area contributed by atoms with Crippen LogP contribution in [0.15, 0.2) is 11.6 Å². The van der Waals surface area contributed by atoms with Gasteiger partial charge in [0.05, 0.1) is 16.9 Å². The van der Waals surface area contributed by atoms with Crippen LogP contribution in [0.5, 0.6) is 0 Å². The Morgan fingerprint density at radius 3 is 2.43 bits per heavy atom. The SMILES string of the molecule is CCOC(=O)/C=C(\C)CCCC(C)CCC(Cl)C(C)(C)Cl. The van der Waals surface area contributed by atoms with E-state index >= 15 is 0 Å². The highest BCUT2D eigenvalue weighted by molar-refractivity contribution is 6.32. The van der Waals surface area contributed by atoms with Gasteiger partial charge in [-0.3, -0.25) is 0 Å². The van der Waals surface area contributed by atoms with Crippen molar-refractivity contribution in [1.29, 1.82) is 0 Å². The van der Waals surface area contributed by atoms with Crippen molar-refractivity contribution in [3.8, 4) is 0 Å². The number of ether oxygens (including phenoxy) is 1. The highest BCUT2D eigenvalue weighted by atomic mass is 35.5. The van der Waals surface area contributed by atoms with Gasteiger partial charge in [0.1, 0.15) is 0 Å². The summed E-state index contributed by atoms with van der Waals surface area (Å²) >= 11 is 12.5. The maximum atomic E-state index is 11.3. The molecule has 0 heterocycles. The van der Waals surface area contributed by atoms with E-state index in [0.717, 1.165) is 37.7 Å². The lowest BCUT2D eigenvalue weighted by Gasteiger charge is -2.23. The first-order valence-electron chi connectivity index (χ1n) is 7.83. The van der Waals surface area contributed by atoms with Crippen LogP contribution in [-0.4, -0.2) is 22.8 Å². The van der Waals surface area contributed by atoms with E-state index in [0.29, 0.717) is 12.5 Å². The summed E-state index contributed by atoms with van der Waals surface area (Å²) in [5.74, 6) is 0.387. The second-order valence-electron chi connectivity index (χ2n) is 6.35. The van der Waals surface area contributed by atoms with E-state index in [2.05, 4.69) is 6.92 Å². The highest BCUT2D eigenvalue weighted by Gasteiger charge is 2.24. The molecule has 2 atom stereocenters. The standard InChI is InChI=1S/C17H30Cl2O2/c1-6-21-16(20)12-14(3)9-7-8-13(2)10-11-15(18)17(4,5)19/h12-13,15H,6-11H2,1-5H3/b14-12+. The predicted octanol–water partition coefficient (Wildman–Crippen LogP) is 5.71. The van der Waals surface area contributed by atoms with Crippen LogP contribution in [0.4, 0.5) is 0 Å². The Morgan fingerprint density at radius 1 is 1.29 bits per heavy atom. The van der Waals surface area contributed by atoms with Crippen LogP contribution >= 0.6 is 23.2 Å². The summed E-state index contributed by atoms with van der Waals surface area (Å²) in [4.78, 5) is 10.9. The summed E-state index contributed by atoms with van der Waals surface area (Å²) in [6.07, 6.45) is 6.79. The fourth-order valence-electron chi connectivity index (χ4n) is 2.11. The van der Waals surface area contributed by atoms with E-state index in [9.17, 15) is 4.79 Å². The number of hydrogen-bond donors (Lipinski definition) is 0. The van der Waals surface area contributed by atoms with E-state index in [-0.39, 0.29) is 16.2 Å². The van der Waals surface area contributed by atoms with Gasteiger partial charge in [0.15, 0.2) is 0 Å². The van der Waals surface area contributed by atoms with Crippen LogP contribution in [0.3, 0.4) is 0 Å². The monoisotopic (exact) mass is 336 g/mol. The molecular weight excluding hydrogens is 307 g/mol. The second kappa shape index (κ2) is 10.5. The van der Waals surface area contributed by atoms with Gasteiger partial charge in [-0.1, -0.05) is 18.9 Å². The molecule has 2 nitrogen and oxygen atoms in total. The Kier molecular flexibility index (Phi) is 10.4. The Balaban J connectivity index is 3.89. The molecule has 0 aliphatic rings. The number of hydrogen-bond acceptors (Lipinski definition) is 2. The highest BCUT2D eigenvalue weighted by Crippen LogP contribution is 2.29. The molecule has 0 N–H and O–H groups in total. The molecule has 2 unspecified atom stereocenters. The zero-order valence-electron chi connectivity index (χ0n) is 14.0. The summed E-state index contributed by atoms with van der Waals surface area (Å²) < 4.78 is 4.89. The van der Waals surface area contributed by atoms with Gasteiger partial charge in [0.2, 0.25) is 0 Å². The molecule has 0 radical (unpaired) electrons. The van der Waals surface area contributed by atoms with Gasteiger partial charge < -0.3 is 4.74 Å². The normalized spacial score (nSPS) is 15.7. The maximum Gasteiger partial charge on any atom is 0.330 e. The van der Waals surface area contributed by atoms with Gasteiger partial charge in [0.25, 0.3) is 0 Å². The zero-order valence-corrected chi connectivity index (χ0v) is 15.6. The third kappa shape index (κ3) is 11.1. The quantitative estimate of drug-likeness (QED) is 0.290. The summed E-state index contributed by atoms with van der Waals surface area (Å²) in [5, 5.41) is 0.00654. The minimum Gasteiger partial charge on any atom is -0.463 e. The molecule has 21 heavy (non-hydrogen) atoms. The molecule has 0 aromatic carbocycles. The van der Waals surface area contributed by atoms with Crippen LogP contribution in [0, 0.1) is 5.92 Å². The number of halogens is 2. The van der Waals surface area contributed by atoms with Crippen LogP contribution in [0.1, 0.15) is 66.7 Å². The lowest BCUT2D eigenvalue weighted by Crippen LogP contribution is -2.25. The van der Waals surface area contributed by atoms with Crippen molar-refractivity contribution in [2.24, 2.45) is 5.92 Å². The molecular formula is C17H30Cl2O2. The smallest absolute Gasteiger partial charge is 0.330 e. The molecule has 0 aliphatic heterocycles. The fraction of sp³-hybridized carbons (Fsp3) is 0.824. The van der Waals surface area contributed by atoms with Crippen LogP contribution < -0.4 is 0 Å². The number of esters is 1. The molecule has 0 spiro atoms. The van der Waals surface area contributed by atoms with Crippen molar-refractivity contribution in [3.05, 3.63) is 11.6 Å². The van der Waals surface area contributed by atoms with Gasteiger partial charge in [-0.25, -0.2) is 4.79 Å². The van der Waals surface area contributed by atoms with Crippen LogP contribution in [-0.2, 0) is 9.53 Å². The predicted molar refractivity (Wildman–Crippen MR) is 92.2 cm³/mol. The Morgan fingerprint density at radius 2 is 1.90 bits per heavy atom. The average molecular weight is 337 g/mol. The van der Waals surface area contributed by atoms with Crippen molar-refractivity contribution >= 4 is 29.2 Å². The van der Waals surface area contributed by atoms with Gasteiger partial charge in [-0.2, -0.15) is 0 Å². The molecule has 124 valence electrons. The second-order valence-corrected chi connectivity index (χ2v) is 7.85. The topological polar surface area (TPSA) is 26.3 Å². The lowest BCUT2D eigenvalue weighted by molar-refractivity contribution is -0.137. The maximum absolute atomic E-state index is 11.3. The molecule has 0 bridgehead atoms. The molecule has 4 heteroatoms. The number of alkyl halides is 2. The molecule has 0 fully saturated rings. The molecule has 0 saturated carbocycles. The summed E-state index contributed by atoms with van der Waals surface area (Å²) in [7, 11) is 0. The minimum absolute atomic E-state index is 0.00654. The first-order valence-corrected chi connectivity index (χ1v) is 8.65. The molecule has 0 aromatic rings. The number of carbonyl (C=O) groups is 1. The van der Waals surface area contributed by atoms with Crippen LogP contribution in [0.25, 0.3) is 0 Å². The molecule has 0 rings (SSSR count). The van der Waals surface area contributed by atoms with Gasteiger partial charge in [-0.15, -0.1) is 23.2 Å². The van der Waals surface area contributed by atoms with Gasteiger partial charge >= 0.3 is 5.97 Å². The van der Waals surface area contributed by atoms with E-state index in [1.54, 1.807) is 6.08 Å². The van der Waals surface area contributed by atoms with Gasteiger partial charge in [-0.05, 0) is 59.3 Å². The molecule has 0 aliphatic carbocycles. The van der Waals surface area contributed by atoms with Crippen molar-refractivity contribution in [1.82, 2.24) is 0 Å². The summed E-state index contributed by atoms with van der Waals surface area (Å²) in [6, 6.07) is 0. The van der Waals surface area contributed by atoms with Crippen molar-refractivity contribution < 1.29 is 9.53 Å². The Labute approximate surface area is 140 Å². The van der Waals surface area contributed by atoms with Crippen molar-refractivity contribution in [3.63, 3.8) is 0 Å². The van der Waals surface area contributed by atoms with E-state index in [4.69, 9.17) is 27.9 Å². The Hall–Kier alpha value is -0.210. The summed E-state index contributed by atoms with van der Waals surface area (Å²) in [6.45, 7) is 10.4. The van der Waals surface area contributed by atoms with Gasteiger partial charge in [0, 0.05) is 6.08 Å². The third-order valence-corrected chi connectivity index (χ3v) is 4.72. The Bertz CT molecular complexity index is 332. The molecule has 0 saturated heterocycles. The van der Waals surface area contributed by atoms with Crippen molar-refractivity contribution in [2.45, 2.75) is 77.0 Å². The fourth-order valence-corrected chi connectivity index (χ4v) is 2.34. The van der Waals surface area contributed by atoms with Crippen LogP contribution in [0.2, 0.25) is 0 Å². The van der Waals surface area contributed by atoms with Crippen molar-refractivity contribution in [2.75, 3.05) is 6.61 Å². The average Bonchev–Trinajstić information content (AvgIpc) is 2.34. The molecule has 0 amide bonds. The number of rotatable bonds is 10. The first kappa shape index (κ1) is 20.8. The third-order valence-electron chi connectivity index (χ3n) is 3.58. The van der Waals surface area contributed by atoms with E-state index in [1.165, 1.54) is 0 Å². The summed E-state index contributed by atoms with van der Waals surface area (Å²) in [5.41, 5.74) is 1.08. The van der Waals surface area contributed by atoms with E-state index < -0.39 is 0 Å². The lowest BCUT2D eigenvalue weighted by atomic mass is 9.94. The minimum atomic E-state index is -0.347. The number of allylic oxidation sites excluding steroid dienone is 1. The number of carbonyl (C=O) groups excluding carboxylic acids is 1. The largest absolute Gasteiger partial charge is 0.463 e. The first-order chi connectivity index (χ1) is 9.66. The van der Waals surface area contributed by atoms with E-state index in [1.807, 2.05) is 27.7 Å².